The maximum absolute atomic E-state index is 12.8. The molecule has 2 rings (SSSR count). The predicted molar refractivity (Wildman–Crippen MR) is 96.6 cm³/mol. The van der Waals surface area contributed by atoms with Crippen molar-refractivity contribution < 1.29 is 9.59 Å². The SMILES string of the molecule is CCCC(NC(=O)Cc1ccccc1)C(=O)N1CCCC(C)CC1. The number of hydrogen-bond donors (Lipinski definition) is 1. The smallest absolute Gasteiger partial charge is 0.245 e. The topological polar surface area (TPSA) is 49.4 Å². The van der Waals surface area contributed by atoms with Crippen LogP contribution in [0.2, 0.25) is 0 Å². The monoisotopic (exact) mass is 330 g/mol. The number of nitrogens with one attached hydrogen (secondary N) is 1. The van der Waals surface area contributed by atoms with Gasteiger partial charge in [0.15, 0.2) is 0 Å². The van der Waals surface area contributed by atoms with Crippen LogP contribution in [0.1, 0.15) is 51.5 Å². The van der Waals surface area contributed by atoms with Crippen molar-refractivity contribution in [2.75, 3.05) is 13.1 Å². The van der Waals surface area contributed by atoms with Crippen molar-refractivity contribution in [3.8, 4) is 0 Å². The minimum absolute atomic E-state index is 0.0730. The van der Waals surface area contributed by atoms with Crippen molar-refractivity contribution in [3.05, 3.63) is 35.9 Å². The molecule has 0 saturated carbocycles. The van der Waals surface area contributed by atoms with Gasteiger partial charge in [-0.1, -0.05) is 50.6 Å². The molecule has 132 valence electrons. The van der Waals surface area contributed by atoms with E-state index in [-0.39, 0.29) is 17.9 Å². The Morgan fingerprint density at radius 3 is 2.67 bits per heavy atom. The highest BCUT2D eigenvalue weighted by Crippen LogP contribution is 2.17. The molecule has 2 amide bonds. The predicted octanol–water partition coefficient (Wildman–Crippen LogP) is 3.16. The second-order valence-electron chi connectivity index (χ2n) is 6.93. The summed E-state index contributed by atoms with van der Waals surface area (Å²) < 4.78 is 0. The fourth-order valence-corrected chi connectivity index (χ4v) is 3.28. The maximum Gasteiger partial charge on any atom is 0.245 e. The first-order valence-corrected chi connectivity index (χ1v) is 9.22. The molecular weight excluding hydrogens is 300 g/mol. The molecule has 4 heteroatoms. The summed E-state index contributed by atoms with van der Waals surface area (Å²) in [5.74, 6) is 0.698. The van der Waals surface area contributed by atoms with Crippen LogP contribution in [0.25, 0.3) is 0 Å². The van der Waals surface area contributed by atoms with Gasteiger partial charge in [0, 0.05) is 13.1 Å². The average molecular weight is 330 g/mol. The molecule has 1 aliphatic heterocycles. The Morgan fingerprint density at radius 2 is 1.96 bits per heavy atom. The molecule has 1 heterocycles. The van der Waals surface area contributed by atoms with Gasteiger partial charge in [0.1, 0.15) is 6.04 Å². The fraction of sp³-hybridized carbons (Fsp3) is 0.600. The van der Waals surface area contributed by atoms with Gasteiger partial charge in [0.25, 0.3) is 0 Å². The molecule has 0 aliphatic carbocycles. The Labute approximate surface area is 145 Å². The summed E-state index contributed by atoms with van der Waals surface area (Å²) in [6.45, 7) is 5.93. The Balaban J connectivity index is 1.94. The highest BCUT2D eigenvalue weighted by molar-refractivity contribution is 5.88. The zero-order valence-electron chi connectivity index (χ0n) is 15.0. The van der Waals surface area contributed by atoms with E-state index < -0.39 is 0 Å². The van der Waals surface area contributed by atoms with Crippen LogP contribution < -0.4 is 5.32 Å². The van der Waals surface area contributed by atoms with Gasteiger partial charge in [-0.25, -0.2) is 0 Å². The van der Waals surface area contributed by atoms with Gasteiger partial charge in [0.05, 0.1) is 6.42 Å². The van der Waals surface area contributed by atoms with Crippen LogP contribution in [0.4, 0.5) is 0 Å². The van der Waals surface area contributed by atoms with Gasteiger partial charge in [0.2, 0.25) is 11.8 Å². The fourth-order valence-electron chi connectivity index (χ4n) is 3.28. The molecule has 1 fully saturated rings. The lowest BCUT2D eigenvalue weighted by Crippen LogP contribution is -2.49. The molecule has 1 aliphatic rings. The lowest BCUT2D eigenvalue weighted by molar-refractivity contribution is -0.136. The third-order valence-electron chi connectivity index (χ3n) is 4.75. The number of hydrogen-bond acceptors (Lipinski definition) is 2. The van der Waals surface area contributed by atoms with Crippen molar-refractivity contribution in [2.24, 2.45) is 5.92 Å². The van der Waals surface area contributed by atoms with Crippen LogP contribution in [0, 0.1) is 5.92 Å². The number of benzene rings is 1. The molecule has 24 heavy (non-hydrogen) atoms. The lowest BCUT2D eigenvalue weighted by Gasteiger charge is -2.26. The van der Waals surface area contributed by atoms with Crippen LogP contribution >= 0.6 is 0 Å². The molecule has 0 spiro atoms. The summed E-state index contributed by atoms with van der Waals surface area (Å²) in [6.07, 6.45) is 5.21. The molecule has 0 aromatic heterocycles. The van der Waals surface area contributed by atoms with Crippen LogP contribution in [0.5, 0.6) is 0 Å². The van der Waals surface area contributed by atoms with Gasteiger partial charge in [-0.2, -0.15) is 0 Å². The zero-order chi connectivity index (χ0) is 17.4. The van der Waals surface area contributed by atoms with Crippen LogP contribution in [-0.2, 0) is 16.0 Å². The standard InChI is InChI=1S/C20H30N2O2/c1-3-8-18(20(24)22-13-7-9-16(2)12-14-22)21-19(23)15-17-10-5-4-6-11-17/h4-6,10-11,16,18H,3,7-9,12-15H2,1-2H3,(H,21,23). The van der Waals surface area contributed by atoms with E-state index in [1.54, 1.807) is 0 Å². The van der Waals surface area contributed by atoms with Gasteiger partial charge in [-0.15, -0.1) is 0 Å². The molecule has 1 saturated heterocycles. The quantitative estimate of drug-likeness (QED) is 0.871. The minimum atomic E-state index is -0.389. The molecule has 4 nitrogen and oxygen atoms in total. The number of nitrogens with zero attached hydrogens (tertiary/aromatic N) is 1. The number of carbonyl (C=O) groups is 2. The van der Waals surface area contributed by atoms with E-state index in [4.69, 9.17) is 0 Å². The van der Waals surface area contributed by atoms with E-state index in [0.29, 0.717) is 18.8 Å². The molecule has 2 unspecified atom stereocenters. The molecule has 1 aromatic rings. The normalized spacial score (nSPS) is 19.4. The summed E-state index contributed by atoms with van der Waals surface area (Å²) in [4.78, 5) is 27.1. The molecular formula is C20H30N2O2. The molecule has 1 N–H and O–H groups in total. The Morgan fingerprint density at radius 1 is 1.21 bits per heavy atom. The van der Waals surface area contributed by atoms with E-state index in [1.807, 2.05) is 42.2 Å². The van der Waals surface area contributed by atoms with E-state index in [0.717, 1.165) is 37.9 Å². The minimum Gasteiger partial charge on any atom is -0.344 e. The largest absolute Gasteiger partial charge is 0.344 e. The Kier molecular flexibility index (Phi) is 7.29. The van der Waals surface area contributed by atoms with Crippen LogP contribution in [0.3, 0.4) is 0 Å². The van der Waals surface area contributed by atoms with E-state index in [1.165, 1.54) is 6.42 Å². The number of rotatable bonds is 6. The lowest BCUT2D eigenvalue weighted by atomic mass is 10.0. The number of carbonyl (C=O) groups excluding carboxylic acids is 2. The third-order valence-corrected chi connectivity index (χ3v) is 4.75. The third kappa shape index (κ3) is 5.66. The van der Waals surface area contributed by atoms with Crippen molar-refractivity contribution in [2.45, 2.75) is 58.4 Å². The summed E-state index contributed by atoms with van der Waals surface area (Å²) in [7, 11) is 0. The van der Waals surface area contributed by atoms with Crippen LogP contribution in [0.15, 0.2) is 30.3 Å². The van der Waals surface area contributed by atoms with Crippen molar-refractivity contribution in [1.82, 2.24) is 10.2 Å². The Bertz CT molecular complexity index is 530. The molecule has 1 aromatic carbocycles. The van der Waals surface area contributed by atoms with Gasteiger partial charge in [-0.3, -0.25) is 9.59 Å². The van der Waals surface area contributed by atoms with Gasteiger partial charge < -0.3 is 10.2 Å². The summed E-state index contributed by atoms with van der Waals surface area (Å²) in [5, 5.41) is 2.96. The van der Waals surface area contributed by atoms with Crippen molar-refractivity contribution >= 4 is 11.8 Å². The highest BCUT2D eigenvalue weighted by Gasteiger charge is 2.26. The summed E-state index contributed by atoms with van der Waals surface area (Å²) in [5.41, 5.74) is 0.973. The highest BCUT2D eigenvalue weighted by atomic mass is 16.2. The van der Waals surface area contributed by atoms with E-state index in [2.05, 4.69) is 12.2 Å². The van der Waals surface area contributed by atoms with Gasteiger partial charge in [-0.05, 0) is 37.2 Å². The average Bonchev–Trinajstić information content (AvgIpc) is 2.79. The van der Waals surface area contributed by atoms with Crippen LogP contribution in [-0.4, -0.2) is 35.8 Å². The maximum atomic E-state index is 12.8. The van der Waals surface area contributed by atoms with E-state index >= 15 is 0 Å². The van der Waals surface area contributed by atoms with E-state index in [9.17, 15) is 9.59 Å². The zero-order valence-corrected chi connectivity index (χ0v) is 15.0. The number of likely N-dealkylation sites (tertiary alicyclic amines) is 1. The van der Waals surface area contributed by atoms with Gasteiger partial charge >= 0.3 is 0 Å². The first kappa shape index (κ1) is 18.5. The van der Waals surface area contributed by atoms with Crippen molar-refractivity contribution in [1.29, 1.82) is 0 Å². The second-order valence-corrected chi connectivity index (χ2v) is 6.93. The molecule has 2 atom stereocenters. The second kappa shape index (κ2) is 9.45. The molecule has 0 bridgehead atoms. The summed E-state index contributed by atoms with van der Waals surface area (Å²) in [6, 6.07) is 9.27. The molecule has 0 radical (unpaired) electrons. The first-order chi connectivity index (χ1) is 11.6. The Hall–Kier alpha value is -1.84. The first-order valence-electron chi connectivity index (χ1n) is 9.22. The summed E-state index contributed by atoms with van der Waals surface area (Å²) >= 11 is 0. The number of amides is 2. The van der Waals surface area contributed by atoms with Crippen molar-refractivity contribution in [3.63, 3.8) is 0 Å².